The second kappa shape index (κ2) is 4.67. The van der Waals surface area contributed by atoms with E-state index in [1.54, 1.807) is 6.33 Å². The van der Waals surface area contributed by atoms with E-state index in [1.165, 1.54) is 0 Å². The van der Waals surface area contributed by atoms with Crippen LogP contribution in [0.4, 0.5) is 0 Å². The SMILES string of the molecule is Cc1c(CN)cnn1Cc1ncnn1C(C)C. The van der Waals surface area contributed by atoms with E-state index in [1.807, 2.05) is 22.5 Å². The zero-order valence-electron chi connectivity index (χ0n) is 10.5. The molecular weight excluding hydrogens is 216 g/mol. The number of hydrogen-bond acceptors (Lipinski definition) is 4. The first kappa shape index (κ1) is 11.8. The van der Waals surface area contributed by atoms with E-state index in [-0.39, 0.29) is 0 Å². The summed E-state index contributed by atoms with van der Waals surface area (Å²) in [6.45, 7) is 7.33. The first-order valence-corrected chi connectivity index (χ1v) is 5.73. The second-order valence-electron chi connectivity index (χ2n) is 4.33. The molecule has 0 fully saturated rings. The van der Waals surface area contributed by atoms with E-state index in [4.69, 9.17) is 5.73 Å². The summed E-state index contributed by atoms with van der Waals surface area (Å²) in [5.41, 5.74) is 7.79. The van der Waals surface area contributed by atoms with Crippen LogP contribution >= 0.6 is 0 Å². The fourth-order valence-electron chi connectivity index (χ4n) is 1.80. The highest BCUT2D eigenvalue weighted by atomic mass is 15.4. The van der Waals surface area contributed by atoms with Crippen molar-refractivity contribution in [3.63, 3.8) is 0 Å². The number of hydrogen-bond donors (Lipinski definition) is 1. The Labute approximate surface area is 100 Å². The van der Waals surface area contributed by atoms with Crippen LogP contribution in [0.5, 0.6) is 0 Å². The highest BCUT2D eigenvalue weighted by Crippen LogP contribution is 2.10. The molecule has 0 saturated heterocycles. The lowest BCUT2D eigenvalue weighted by atomic mass is 10.3. The molecule has 92 valence electrons. The number of rotatable bonds is 4. The molecule has 6 heteroatoms. The predicted molar refractivity (Wildman–Crippen MR) is 64.4 cm³/mol. The zero-order valence-corrected chi connectivity index (χ0v) is 10.5. The standard InChI is InChI=1S/C11H18N6/c1-8(2)17-11(13-7-15-17)6-16-9(3)10(4-12)5-14-16/h5,7-8H,4,6,12H2,1-3H3. The van der Waals surface area contributed by atoms with Gasteiger partial charge in [-0.05, 0) is 20.8 Å². The van der Waals surface area contributed by atoms with Crippen molar-refractivity contribution in [1.29, 1.82) is 0 Å². The quantitative estimate of drug-likeness (QED) is 0.851. The lowest BCUT2D eigenvalue weighted by Gasteiger charge is -2.10. The Kier molecular flexibility index (Phi) is 3.23. The first-order valence-electron chi connectivity index (χ1n) is 5.73. The van der Waals surface area contributed by atoms with Gasteiger partial charge in [0.1, 0.15) is 18.7 Å². The van der Waals surface area contributed by atoms with Gasteiger partial charge >= 0.3 is 0 Å². The van der Waals surface area contributed by atoms with Gasteiger partial charge in [-0.1, -0.05) is 0 Å². The Bertz CT molecular complexity index is 496. The molecule has 2 aromatic heterocycles. The Morgan fingerprint density at radius 2 is 2.12 bits per heavy atom. The van der Waals surface area contributed by atoms with Crippen molar-refractivity contribution in [3.05, 3.63) is 29.6 Å². The van der Waals surface area contributed by atoms with Gasteiger partial charge in [0.15, 0.2) is 0 Å². The zero-order chi connectivity index (χ0) is 12.4. The minimum atomic E-state index is 0.303. The average molecular weight is 234 g/mol. The molecule has 17 heavy (non-hydrogen) atoms. The third-order valence-electron chi connectivity index (χ3n) is 2.85. The molecule has 0 saturated carbocycles. The van der Waals surface area contributed by atoms with E-state index in [9.17, 15) is 0 Å². The maximum absolute atomic E-state index is 5.63. The van der Waals surface area contributed by atoms with Gasteiger partial charge in [-0.15, -0.1) is 0 Å². The minimum absolute atomic E-state index is 0.303. The van der Waals surface area contributed by atoms with E-state index >= 15 is 0 Å². The molecule has 0 bridgehead atoms. The topological polar surface area (TPSA) is 74.6 Å². The van der Waals surface area contributed by atoms with Gasteiger partial charge in [-0.25, -0.2) is 9.67 Å². The summed E-state index contributed by atoms with van der Waals surface area (Å²) >= 11 is 0. The third-order valence-corrected chi connectivity index (χ3v) is 2.85. The predicted octanol–water partition coefficient (Wildman–Crippen LogP) is 0.871. The molecule has 0 aliphatic carbocycles. The molecular formula is C11H18N6. The largest absolute Gasteiger partial charge is 0.326 e. The number of aromatic nitrogens is 5. The lowest BCUT2D eigenvalue weighted by molar-refractivity contribution is 0.485. The Morgan fingerprint density at radius 3 is 2.71 bits per heavy atom. The molecule has 6 nitrogen and oxygen atoms in total. The van der Waals surface area contributed by atoms with Crippen molar-refractivity contribution < 1.29 is 0 Å². The van der Waals surface area contributed by atoms with Gasteiger partial charge in [-0.3, -0.25) is 4.68 Å². The molecule has 2 N–H and O–H groups in total. The van der Waals surface area contributed by atoms with Crippen molar-refractivity contribution in [3.8, 4) is 0 Å². The van der Waals surface area contributed by atoms with Crippen molar-refractivity contribution in [2.75, 3.05) is 0 Å². The molecule has 2 heterocycles. The molecule has 0 unspecified atom stereocenters. The van der Waals surface area contributed by atoms with E-state index in [2.05, 4.69) is 29.0 Å². The Hall–Kier alpha value is -1.69. The van der Waals surface area contributed by atoms with Gasteiger partial charge in [0.25, 0.3) is 0 Å². The second-order valence-corrected chi connectivity index (χ2v) is 4.33. The molecule has 2 aromatic rings. The van der Waals surface area contributed by atoms with Crippen LogP contribution in [0.25, 0.3) is 0 Å². The van der Waals surface area contributed by atoms with Crippen LogP contribution in [0.15, 0.2) is 12.5 Å². The maximum Gasteiger partial charge on any atom is 0.148 e. The molecule has 0 aromatic carbocycles. The van der Waals surface area contributed by atoms with Gasteiger partial charge in [0, 0.05) is 23.8 Å². The highest BCUT2D eigenvalue weighted by molar-refractivity contribution is 5.16. The molecule has 0 atom stereocenters. The van der Waals surface area contributed by atoms with Crippen molar-refractivity contribution in [1.82, 2.24) is 24.5 Å². The third kappa shape index (κ3) is 2.21. The fraction of sp³-hybridized carbons (Fsp3) is 0.545. The van der Waals surface area contributed by atoms with Crippen LogP contribution in [-0.4, -0.2) is 24.5 Å². The van der Waals surface area contributed by atoms with Gasteiger partial charge in [-0.2, -0.15) is 10.2 Å². The van der Waals surface area contributed by atoms with E-state index < -0.39 is 0 Å². The average Bonchev–Trinajstić information content (AvgIpc) is 2.88. The van der Waals surface area contributed by atoms with Crippen LogP contribution in [0.1, 0.15) is 37.0 Å². The summed E-state index contributed by atoms with van der Waals surface area (Å²) in [4.78, 5) is 4.27. The molecule has 0 aliphatic rings. The Morgan fingerprint density at radius 1 is 1.35 bits per heavy atom. The highest BCUT2D eigenvalue weighted by Gasteiger charge is 2.11. The monoisotopic (exact) mass is 234 g/mol. The smallest absolute Gasteiger partial charge is 0.148 e. The molecule has 0 aliphatic heterocycles. The normalized spacial score (nSPS) is 11.4. The van der Waals surface area contributed by atoms with Gasteiger partial charge in [0.05, 0.1) is 6.20 Å². The van der Waals surface area contributed by atoms with Crippen LogP contribution in [0, 0.1) is 6.92 Å². The first-order chi connectivity index (χ1) is 8.13. The maximum atomic E-state index is 5.63. The molecule has 0 radical (unpaired) electrons. The lowest BCUT2D eigenvalue weighted by Crippen LogP contribution is -2.13. The number of nitrogens with two attached hydrogens (primary N) is 1. The summed E-state index contributed by atoms with van der Waals surface area (Å²) < 4.78 is 3.81. The van der Waals surface area contributed by atoms with Crippen molar-refractivity contribution >= 4 is 0 Å². The summed E-state index contributed by atoms with van der Waals surface area (Å²) in [5.74, 6) is 0.912. The molecule has 0 spiro atoms. The summed E-state index contributed by atoms with van der Waals surface area (Å²) in [5, 5.41) is 8.53. The van der Waals surface area contributed by atoms with Crippen molar-refractivity contribution in [2.24, 2.45) is 5.73 Å². The van der Waals surface area contributed by atoms with Crippen LogP contribution in [0.2, 0.25) is 0 Å². The van der Waals surface area contributed by atoms with Crippen LogP contribution < -0.4 is 5.73 Å². The summed E-state index contributed by atoms with van der Waals surface area (Å²) in [6.07, 6.45) is 3.39. The summed E-state index contributed by atoms with van der Waals surface area (Å²) in [6, 6.07) is 0.303. The fourth-order valence-corrected chi connectivity index (χ4v) is 1.80. The Balaban J connectivity index is 2.25. The molecule has 0 amide bonds. The van der Waals surface area contributed by atoms with Gasteiger partial charge in [0.2, 0.25) is 0 Å². The molecule has 2 rings (SSSR count). The van der Waals surface area contributed by atoms with E-state index in [0.29, 0.717) is 19.1 Å². The summed E-state index contributed by atoms with van der Waals surface area (Å²) in [7, 11) is 0. The van der Waals surface area contributed by atoms with Crippen molar-refractivity contribution in [2.45, 2.75) is 39.9 Å². The van der Waals surface area contributed by atoms with Gasteiger partial charge < -0.3 is 5.73 Å². The number of nitrogens with zero attached hydrogens (tertiary/aromatic N) is 5. The van der Waals surface area contributed by atoms with E-state index in [0.717, 1.165) is 17.1 Å². The van der Waals surface area contributed by atoms with Crippen LogP contribution in [0.3, 0.4) is 0 Å². The minimum Gasteiger partial charge on any atom is -0.326 e. The van der Waals surface area contributed by atoms with Crippen LogP contribution in [-0.2, 0) is 13.1 Å².